The van der Waals surface area contributed by atoms with Crippen LogP contribution in [0.4, 0.5) is 5.69 Å². The second-order valence-electron chi connectivity index (χ2n) is 7.77. The molecule has 0 spiro atoms. The summed E-state index contributed by atoms with van der Waals surface area (Å²) in [5.74, 6) is -1.01. The van der Waals surface area contributed by atoms with Gasteiger partial charge in [-0.05, 0) is 53.9 Å². The van der Waals surface area contributed by atoms with Crippen molar-refractivity contribution in [3.8, 4) is 11.1 Å². The number of ketones is 1. The van der Waals surface area contributed by atoms with E-state index in [0.29, 0.717) is 17.8 Å². The summed E-state index contributed by atoms with van der Waals surface area (Å²) in [6.45, 7) is 1.53. The molecule has 4 rings (SSSR count). The molecule has 0 saturated carbocycles. The molecule has 8 heteroatoms. The quantitative estimate of drug-likeness (QED) is 0.717. The van der Waals surface area contributed by atoms with E-state index in [1.54, 1.807) is 37.4 Å². The Morgan fingerprint density at radius 1 is 0.966 bits per heavy atom. The molecule has 0 aliphatic carbocycles. The summed E-state index contributed by atoms with van der Waals surface area (Å²) in [4.78, 5) is 28.6. The van der Waals surface area contributed by atoms with E-state index in [-0.39, 0.29) is 4.90 Å². The number of rotatable bonds is 3. The van der Waals surface area contributed by atoms with Crippen molar-refractivity contribution in [2.75, 3.05) is 39.6 Å². The Labute approximate surface area is 170 Å². The predicted molar refractivity (Wildman–Crippen MR) is 111 cm³/mol. The summed E-state index contributed by atoms with van der Waals surface area (Å²) in [6, 6.07) is 8.48. The Morgan fingerprint density at radius 3 is 2.24 bits per heavy atom. The SMILES string of the molecule is CN1CCc2c(-c3ccc(S(=O)(=O)N(C)C)cc3)cc3c(c2C1)N(C)C(=O)C3=O. The molecule has 29 heavy (non-hydrogen) atoms. The zero-order chi connectivity index (χ0) is 21.1. The van der Waals surface area contributed by atoms with Crippen LogP contribution in [0.2, 0.25) is 0 Å². The second-order valence-corrected chi connectivity index (χ2v) is 9.92. The van der Waals surface area contributed by atoms with E-state index in [1.165, 1.54) is 23.3 Å². The van der Waals surface area contributed by atoms with Crippen molar-refractivity contribution < 1.29 is 18.0 Å². The van der Waals surface area contributed by atoms with Crippen LogP contribution in [-0.4, -0.2) is 64.0 Å². The molecule has 2 aromatic carbocycles. The van der Waals surface area contributed by atoms with Crippen molar-refractivity contribution in [2.24, 2.45) is 0 Å². The lowest BCUT2D eigenvalue weighted by Crippen LogP contribution is -2.30. The largest absolute Gasteiger partial charge is 0.307 e. The highest BCUT2D eigenvalue weighted by Gasteiger charge is 2.38. The molecule has 1 amide bonds. The van der Waals surface area contributed by atoms with Crippen LogP contribution in [0.25, 0.3) is 11.1 Å². The zero-order valence-electron chi connectivity index (χ0n) is 16.9. The van der Waals surface area contributed by atoms with Crippen LogP contribution in [0, 0.1) is 0 Å². The summed E-state index contributed by atoms with van der Waals surface area (Å²) >= 11 is 0. The fourth-order valence-electron chi connectivity index (χ4n) is 4.08. The van der Waals surface area contributed by atoms with Crippen molar-refractivity contribution in [3.05, 3.63) is 47.0 Å². The molecule has 0 radical (unpaired) electrons. The van der Waals surface area contributed by atoms with Gasteiger partial charge in [0.25, 0.3) is 11.7 Å². The maximum atomic E-state index is 12.5. The molecule has 7 nitrogen and oxygen atoms in total. The molecule has 0 fully saturated rings. The van der Waals surface area contributed by atoms with Crippen molar-refractivity contribution >= 4 is 27.4 Å². The van der Waals surface area contributed by atoms with Gasteiger partial charge in [0.1, 0.15) is 0 Å². The van der Waals surface area contributed by atoms with E-state index in [9.17, 15) is 18.0 Å². The van der Waals surface area contributed by atoms with Gasteiger partial charge in [-0.2, -0.15) is 0 Å². The number of benzene rings is 2. The molecule has 152 valence electrons. The van der Waals surface area contributed by atoms with Gasteiger partial charge in [-0.25, -0.2) is 12.7 Å². The number of hydrogen-bond acceptors (Lipinski definition) is 5. The number of carbonyl (C=O) groups excluding carboxylic acids is 2. The molecule has 2 aliphatic heterocycles. The molecule has 0 bridgehead atoms. The third-order valence-electron chi connectivity index (χ3n) is 5.71. The van der Waals surface area contributed by atoms with Gasteiger partial charge in [0.15, 0.2) is 0 Å². The third kappa shape index (κ3) is 2.99. The lowest BCUT2D eigenvalue weighted by atomic mass is 9.87. The summed E-state index contributed by atoms with van der Waals surface area (Å²) < 4.78 is 25.9. The van der Waals surface area contributed by atoms with E-state index >= 15 is 0 Å². The second kappa shape index (κ2) is 6.76. The van der Waals surface area contributed by atoms with Crippen LogP contribution in [-0.2, 0) is 27.8 Å². The number of hydrogen-bond donors (Lipinski definition) is 0. The predicted octanol–water partition coefficient (Wildman–Crippen LogP) is 1.75. The van der Waals surface area contributed by atoms with Gasteiger partial charge in [0, 0.05) is 34.2 Å². The van der Waals surface area contributed by atoms with Crippen molar-refractivity contribution in [2.45, 2.75) is 17.9 Å². The van der Waals surface area contributed by atoms with Gasteiger partial charge >= 0.3 is 0 Å². The van der Waals surface area contributed by atoms with Crippen LogP contribution >= 0.6 is 0 Å². The molecule has 0 atom stereocenters. The van der Waals surface area contributed by atoms with Crippen LogP contribution in [0.1, 0.15) is 21.5 Å². The van der Waals surface area contributed by atoms with E-state index < -0.39 is 21.7 Å². The first-order valence-electron chi connectivity index (χ1n) is 9.35. The molecule has 0 aromatic heterocycles. The average Bonchev–Trinajstić information content (AvgIpc) is 2.91. The number of carbonyl (C=O) groups is 2. The minimum absolute atomic E-state index is 0.215. The maximum absolute atomic E-state index is 12.5. The monoisotopic (exact) mass is 413 g/mol. The highest BCUT2D eigenvalue weighted by atomic mass is 32.2. The van der Waals surface area contributed by atoms with Gasteiger partial charge in [-0.3, -0.25) is 9.59 Å². The number of fused-ring (bicyclic) bond motifs is 3. The highest BCUT2D eigenvalue weighted by Crippen LogP contribution is 2.42. The molecule has 2 aliphatic rings. The third-order valence-corrected chi connectivity index (χ3v) is 7.54. The van der Waals surface area contributed by atoms with Gasteiger partial charge in [0.05, 0.1) is 16.1 Å². The standard InChI is InChI=1S/C21H23N3O4S/c1-22(2)29(27,28)14-7-5-13(6-8-14)16-11-17-19(24(4)21(26)20(17)25)18-12-23(3)10-9-15(16)18/h5-8,11H,9-10,12H2,1-4H3. The number of nitrogens with zero attached hydrogens (tertiary/aromatic N) is 3. The molecule has 0 unspecified atom stereocenters. The van der Waals surface area contributed by atoms with Gasteiger partial charge < -0.3 is 9.80 Å². The lowest BCUT2D eigenvalue weighted by Gasteiger charge is -2.30. The Kier molecular flexibility index (Phi) is 4.60. The normalized spacial score (nSPS) is 17.1. The minimum atomic E-state index is -3.51. The molecular weight excluding hydrogens is 390 g/mol. The first-order valence-corrected chi connectivity index (χ1v) is 10.8. The molecule has 2 aromatic rings. The Morgan fingerprint density at radius 2 is 1.62 bits per heavy atom. The number of likely N-dealkylation sites (N-methyl/N-ethyl adjacent to an activating group) is 2. The molecule has 0 N–H and O–H groups in total. The van der Waals surface area contributed by atoms with Crippen molar-refractivity contribution in [3.63, 3.8) is 0 Å². The molecule has 0 saturated heterocycles. The Hall–Kier alpha value is -2.55. The van der Waals surface area contributed by atoms with Crippen molar-refractivity contribution in [1.29, 1.82) is 0 Å². The average molecular weight is 413 g/mol. The fraction of sp³-hybridized carbons (Fsp3) is 0.333. The van der Waals surface area contributed by atoms with Crippen molar-refractivity contribution in [1.82, 2.24) is 9.21 Å². The van der Waals surface area contributed by atoms with Crippen LogP contribution in [0.3, 0.4) is 0 Å². The molecular formula is C21H23N3O4S. The van der Waals surface area contributed by atoms with E-state index in [1.807, 2.05) is 7.05 Å². The Bertz CT molecular complexity index is 1140. The van der Waals surface area contributed by atoms with Crippen LogP contribution in [0.5, 0.6) is 0 Å². The first-order chi connectivity index (χ1) is 13.6. The topological polar surface area (TPSA) is 78.0 Å². The van der Waals surface area contributed by atoms with Crippen LogP contribution in [0.15, 0.2) is 35.2 Å². The first kappa shape index (κ1) is 19.8. The minimum Gasteiger partial charge on any atom is -0.307 e. The summed E-state index contributed by atoms with van der Waals surface area (Å²) in [5, 5.41) is 0. The number of amides is 1. The number of Topliss-reactive ketones (excluding diaryl/α,β-unsaturated/α-hetero) is 1. The maximum Gasteiger partial charge on any atom is 0.299 e. The molecule has 2 heterocycles. The van der Waals surface area contributed by atoms with Gasteiger partial charge in [-0.1, -0.05) is 12.1 Å². The van der Waals surface area contributed by atoms with Gasteiger partial charge in [-0.15, -0.1) is 0 Å². The number of sulfonamides is 1. The lowest BCUT2D eigenvalue weighted by molar-refractivity contribution is -0.114. The summed E-state index contributed by atoms with van der Waals surface area (Å²) in [7, 11) is 3.14. The number of anilines is 1. The van der Waals surface area contributed by atoms with Gasteiger partial charge in [0.2, 0.25) is 10.0 Å². The van der Waals surface area contributed by atoms with Crippen LogP contribution < -0.4 is 4.90 Å². The van der Waals surface area contributed by atoms with E-state index in [0.717, 1.165) is 35.2 Å². The highest BCUT2D eigenvalue weighted by molar-refractivity contribution is 7.89. The van der Waals surface area contributed by atoms with E-state index in [2.05, 4.69) is 4.90 Å². The fourth-order valence-corrected chi connectivity index (χ4v) is 4.98. The smallest absolute Gasteiger partial charge is 0.299 e. The summed E-state index contributed by atoms with van der Waals surface area (Å²) in [6.07, 6.45) is 0.794. The summed E-state index contributed by atoms with van der Waals surface area (Å²) in [5.41, 5.74) is 4.96. The zero-order valence-corrected chi connectivity index (χ0v) is 17.7. The van der Waals surface area contributed by atoms with E-state index in [4.69, 9.17) is 0 Å². The Balaban J connectivity index is 1.89.